The van der Waals surface area contributed by atoms with Crippen molar-refractivity contribution < 1.29 is 9.53 Å². The molecule has 6 nitrogen and oxygen atoms in total. The quantitative estimate of drug-likeness (QED) is 0.323. The zero-order chi connectivity index (χ0) is 26.5. The van der Waals surface area contributed by atoms with E-state index >= 15 is 0 Å². The summed E-state index contributed by atoms with van der Waals surface area (Å²) in [5.41, 5.74) is 1.25. The van der Waals surface area contributed by atoms with Gasteiger partial charge in [0.1, 0.15) is 11.6 Å². The van der Waals surface area contributed by atoms with Crippen LogP contribution in [0.4, 0.5) is 0 Å². The molecule has 1 amide bonds. The summed E-state index contributed by atoms with van der Waals surface area (Å²) in [4.78, 5) is 34.5. The predicted molar refractivity (Wildman–Crippen MR) is 147 cm³/mol. The number of benzene rings is 2. The Kier molecular flexibility index (Phi) is 8.93. The van der Waals surface area contributed by atoms with E-state index in [1.54, 1.807) is 17.7 Å². The van der Waals surface area contributed by atoms with Crippen molar-refractivity contribution in [3.05, 3.63) is 64.7 Å². The number of para-hydroxylation sites is 3. The standard InChI is InChI=1S/C30H41N3O3/c1-8-18-32(27(34)19-21(3)20-30(4,5)6)24(9-2)28-31-23-15-11-10-14-22(23)29(35)33(28)25-16-12-13-17-26(25)36-7/h10-17,21,24H,8-9,18-20H2,1-7H3. The van der Waals surface area contributed by atoms with Gasteiger partial charge in [-0.3, -0.25) is 14.2 Å². The Bertz CT molecular complexity index is 1240. The van der Waals surface area contributed by atoms with Gasteiger partial charge >= 0.3 is 0 Å². The van der Waals surface area contributed by atoms with E-state index in [0.29, 0.717) is 47.6 Å². The lowest BCUT2D eigenvalue weighted by Gasteiger charge is -2.33. The lowest BCUT2D eigenvalue weighted by Crippen LogP contribution is -2.39. The van der Waals surface area contributed by atoms with Gasteiger partial charge in [0.2, 0.25) is 5.91 Å². The van der Waals surface area contributed by atoms with Gasteiger partial charge < -0.3 is 9.64 Å². The van der Waals surface area contributed by atoms with Crippen molar-refractivity contribution in [2.75, 3.05) is 13.7 Å². The van der Waals surface area contributed by atoms with Gasteiger partial charge in [0.15, 0.2) is 0 Å². The van der Waals surface area contributed by atoms with Gasteiger partial charge in [0.25, 0.3) is 5.56 Å². The Morgan fingerprint density at radius 3 is 2.39 bits per heavy atom. The fourth-order valence-corrected chi connectivity index (χ4v) is 5.19. The molecule has 0 radical (unpaired) electrons. The highest BCUT2D eigenvalue weighted by Gasteiger charge is 2.30. The number of amides is 1. The van der Waals surface area contributed by atoms with Crippen LogP contribution in [0.15, 0.2) is 53.3 Å². The molecule has 0 saturated heterocycles. The smallest absolute Gasteiger partial charge is 0.266 e. The molecule has 36 heavy (non-hydrogen) atoms. The first-order valence-corrected chi connectivity index (χ1v) is 13.1. The number of carbonyl (C=O) groups is 1. The molecule has 0 fully saturated rings. The molecule has 3 aromatic rings. The van der Waals surface area contributed by atoms with Gasteiger partial charge in [-0.15, -0.1) is 0 Å². The highest BCUT2D eigenvalue weighted by atomic mass is 16.5. The SMILES string of the molecule is CCCN(C(=O)CC(C)CC(C)(C)C)C(CC)c1nc2ccccc2c(=O)n1-c1ccccc1OC. The van der Waals surface area contributed by atoms with Crippen LogP contribution in [-0.2, 0) is 4.79 Å². The van der Waals surface area contributed by atoms with Gasteiger partial charge in [-0.25, -0.2) is 4.98 Å². The number of hydrogen-bond acceptors (Lipinski definition) is 4. The second-order valence-electron chi connectivity index (χ2n) is 10.9. The third-order valence-electron chi connectivity index (χ3n) is 6.46. The van der Waals surface area contributed by atoms with E-state index in [9.17, 15) is 9.59 Å². The second-order valence-corrected chi connectivity index (χ2v) is 10.9. The van der Waals surface area contributed by atoms with Crippen molar-refractivity contribution in [1.82, 2.24) is 14.5 Å². The average molecular weight is 492 g/mol. The fourth-order valence-electron chi connectivity index (χ4n) is 5.19. The molecule has 0 aliphatic carbocycles. The monoisotopic (exact) mass is 491 g/mol. The van der Waals surface area contributed by atoms with Gasteiger partial charge in [-0.05, 0) is 54.9 Å². The van der Waals surface area contributed by atoms with E-state index in [4.69, 9.17) is 9.72 Å². The first-order valence-electron chi connectivity index (χ1n) is 13.1. The molecule has 0 spiro atoms. The molecule has 2 atom stereocenters. The molecule has 0 saturated carbocycles. The maximum absolute atomic E-state index is 13.9. The van der Waals surface area contributed by atoms with E-state index in [1.165, 1.54) is 0 Å². The number of aromatic nitrogens is 2. The number of ether oxygens (including phenoxy) is 1. The molecule has 0 aliphatic heterocycles. The first-order chi connectivity index (χ1) is 17.1. The molecule has 194 valence electrons. The summed E-state index contributed by atoms with van der Waals surface area (Å²) in [6.45, 7) is 13.5. The van der Waals surface area contributed by atoms with Crippen molar-refractivity contribution in [3.63, 3.8) is 0 Å². The highest BCUT2D eigenvalue weighted by Crippen LogP contribution is 2.32. The minimum absolute atomic E-state index is 0.106. The largest absolute Gasteiger partial charge is 0.495 e. The van der Waals surface area contributed by atoms with Crippen LogP contribution in [0.3, 0.4) is 0 Å². The summed E-state index contributed by atoms with van der Waals surface area (Å²) in [5, 5.41) is 0.536. The van der Waals surface area contributed by atoms with E-state index < -0.39 is 0 Å². The number of carbonyl (C=O) groups excluding carboxylic acids is 1. The van der Waals surface area contributed by atoms with E-state index in [1.807, 2.05) is 54.3 Å². The summed E-state index contributed by atoms with van der Waals surface area (Å²) in [6, 6.07) is 14.5. The van der Waals surface area contributed by atoms with Crippen molar-refractivity contribution in [3.8, 4) is 11.4 Å². The predicted octanol–water partition coefficient (Wildman–Crippen LogP) is 6.55. The Balaban J connectivity index is 2.18. The molecule has 0 N–H and O–H groups in total. The summed E-state index contributed by atoms with van der Waals surface area (Å²) < 4.78 is 7.26. The molecule has 3 rings (SSSR count). The summed E-state index contributed by atoms with van der Waals surface area (Å²) in [6.07, 6.45) is 2.90. The minimum Gasteiger partial charge on any atom is -0.495 e. The van der Waals surface area contributed by atoms with Crippen LogP contribution in [0.5, 0.6) is 5.75 Å². The zero-order valence-electron chi connectivity index (χ0n) is 22.9. The molecule has 0 aliphatic rings. The zero-order valence-corrected chi connectivity index (χ0v) is 22.9. The third kappa shape index (κ3) is 6.15. The van der Waals surface area contributed by atoms with Crippen molar-refractivity contribution >= 4 is 16.8 Å². The molecule has 2 unspecified atom stereocenters. The van der Waals surface area contributed by atoms with Crippen LogP contribution in [0.2, 0.25) is 0 Å². The Morgan fingerprint density at radius 1 is 1.08 bits per heavy atom. The van der Waals surface area contributed by atoms with Crippen LogP contribution in [0, 0.1) is 11.3 Å². The summed E-state index contributed by atoms with van der Waals surface area (Å²) in [5.74, 6) is 1.51. The van der Waals surface area contributed by atoms with Gasteiger partial charge in [-0.2, -0.15) is 0 Å². The molecule has 2 aromatic carbocycles. The maximum Gasteiger partial charge on any atom is 0.266 e. The Morgan fingerprint density at radius 2 is 1.75 bits per heavy atom. The van der Waals surface area contributed by atoms with Crippen molar-refractivity contribution in [2.45, 2.75) is 73.3 Å². The molecule has 6 heteroatoms. The summed E-state index contributed by atoms with van der Waals surface area (Å²) >= 11 is 0. The average Bonchev–Trinajstić information content (AvgIpc) is 2.83. The lowest BCUT2D eigenvalue weighted by atomic mass is 9.84. The van der Waals surface area contributed by atoms with Crippen LogP contribution in [0.1, 0.15) is 79.1 Å². The Hall–Kier alpha value is -3.15. The van der Waals surface area contributed by atoms with Gasteiger partial charge in [-0.1, -0.05) is 65.8 Å². The van der Waals surface area contributed by atoms with Crippen LogP contribution in [-0.4, -0.2) is 34.0 Å². The van der Waals surface area contributed by atoms with E-state index in [2.05, 4.69) is 34.6 Å². The number of fused-ring (bicyclic) bond motifs is 1. The van der Waals surface area contributed by atoms with E-state index in [0.717, 1.165) is 12.8 Å². The highest BCUT2D eigenvalue weighted by molar-refractivity contribution is 5.79. The van der Waals surface area contributed by atoms with Gasteiger partial charge in [0, 0.05) is 13.0 Å². The maximum atomic E-state index is 13.9. The van der Waals surface area contributed by atoms with Gasteiger partial charge in [0.05, 0.1) is 29.7 Å². The number of methoxy groups -OCH3 is 1. The molecular weight excluding hydrogens is 450 g/mol. The van der Waals surface area contributed by atoms with Crippen LogP contribution < -0.4 is 10.3 Å². The molecule has 1 heterocycles. The number of rotatable bonds is 10. The van der Waals surface area contributed by atoms with Crippen LogP contribution >= 0.6 is 0 Å². The number of hydrogen-bond donors (Lipinski definition) is 0. The number of nitrogens with zero attached hydrogens (tertiary/aromatic N) is 3. The van der Waals surface area contributed by atoms with Crippen LogP contribution in [0.25, 0.3) is 16.6 Å². The normalized spacial score (nSPS) is 13.4. The van der Waals surface area contributed by atoms with Crippen molar-refractivity contribution in [2.24, 2.45) is 11.3 Å². The van der Waals surface area contributed by atoms with Crippen molar-refractivity contribution in [1.29, 1.82) is 0 Å². The third-order valence-corrected chi connectivity index (χ3v) is 6.46. The second kappa shape index (κ2) is 11.7. The van der Waals surface area contributed by atoms with E-state index in [-0.39, 0.29) is 28.8 Å². The first kappa shape index (κ1) is 27.4. The summed E-state index contributed by atoms with van der Waals surface area (Å²) in [7, 11) is 1.60. The molecular formula is C30H41N3O3. The lowest BCUT2D eigenvalue weighted by molar-refractivity contribution is -0.135. The molecule has 0 bridgehead atoms. The Labute approximate surface area is 215 Å². The molecule has 1 aromatic heterocycles. The minimum atomic E-state index is -0.346. The fraction of sp³-hybridized carbons (Fsp3) is 0.500. The topological polar surface area (TPSA) is 64.4 Å².